The van der Waals surface area contributed by atoms with Crippen LogP contribution in [0, 0.1) is 0 Å². The number of hydrogen-bond donors (Lipinski definition) is 2. The predicted molar refractivity (Wildman–Crippen MR) is 105 cm³/mol. The van der Waals surface area contributed by atoms with Crippen LogP contribution in [0.3, 0.4) is 0 Å². The highest BCUT2D eigenvalue weighted by molar-refractivity contribution is 5.48. The van der Waals surface area contributed by atoms with E-state index >= 15 is 0 Å². The summed E-state index contributed by atoms with van der Waals surface area (Å²) in [5.41, 5.74) is 0. The molecular weight excluding hydrogens is 328 g/mol. The highest BCUT2D eigenvalue weighted by Crippen LogP contribution is 2.20. The van der Waals surface area contributed by atoms with E-state index in [1.807, 2.05) is 9.80 Å². The number of hydrogen-bond acceptors (Lipinski definition) is 4. The molecule has 150 valence electrons. The van der Waals surface area contributed by atoms with Crippen molar-refractivity contribution in [3.8, 4) is 0 Å². The van der Waals surface area contributed by atoms with Gasteiger partial charge < -0.3 is 20.4 Å². The summed E-state index contributed by atoms with van der Waals surface area (Å²) in [6.07, 6.45) is 8.02. The Balaban J connectivity index is 1.75. The zero-order valence-corrected chi connectivity index (χ0v) is 17.0. The molecule has 0 bridgehead atoms. The third kappa shape index (κ3) is 6.23. The molecule has 2 N–H and O–H groups in total. The molecule has 0 aliphatic carbocycles. The van der Waals surface area contributed by atoms with Gasteiger partial charge in [-0.3, -0.25) is 9.59 Å². The lowest BCUT2D eigenvalue weighted by Crippen LogP contribution is -2.51. The summed E-state index contributed by atoms with van der Waals surface area (Å²) in [7, 11) is 0. The normalized spacial score (nSPS) is 34.9. The first-order valence-corrected chi connectivity index (χ1v) is 10.4. The monoisotopic (exact) mass is 366 g/mol. The molecule has 0 aromatic rings. The SMILES string of the molecule is CC1CC(N(C=O)CCCCN(C=O)C2CC(C)NC(C)C2)CC(C)N1. The summed E-state index contributed by atoms with van der Waals surface area (Å²) in [6.45, 7) is 10.3. The molecule has 2 aliphatic heterocycles. The summed E-state index contributed by atoms with van der Waals surface area (Å²) >= 11 is 0. The molecule has 2 fully saturated rings. The third-order valence-electron chi connectivity index (χ3n) is 5.93. The fourth-order valence-corrected chi connectivity index (χ4v) is 4.84. The molecule has 2 aliphatic rings. The Morgan fingerprint density at radius 3 is 1.27 bits per heavy atom. The van der Waals surface area contributed by atoms with Crippen LogP contribution in [-0.4, -0.2) is 72.0 Å². The molecule has 2 rings (SSSR count). The van der Waals surface area contributed by atoms with Crippen LogP contribution in [0.25, 0.3) is 0 Å². The molecule has 26 heavy (non-hydrogen) atoms. The largest absolute Gasteiger partial charge is 0.342 e. The Labute approximate surface area is 159 Å². The van der Waals surface area contributed by atoms with E-state index in [4.69, 9.17) is 0 Å². The summed E-state index contributed by atoms with van der Waals surface area (Å²) in [5, 5.41) is 7.06. The van der Waals surface area contributed by atoms with Crippen LogP contribution >= 0.6 is 0 Å². The first kappa shape index (κ1) is 21.2. The van der Waals surface area contributed by atoms with Gasteiger partial charge >= 0.3 is 0 Å². The number of nitrogens with one attached hydrogen (secondary N) is 2. The molecule has 6 nitrogen and oxygen atoms in total. The van der Waals surface area contributed by atoms with Gasteiger partial charge in [-0.15, -0.1) is 0 Å². The van der Waals surface area contributed by atoms with Crippen LogP contribution in [0.5, 0.6) is 0 Å². The van der Waals surface area contributed by atoms with Gasteiger partial charge in [0.1, 0.15) is 0 Å². The fourth-order valence-electron chi connectivity index (χ4n) is 4.84. The molecule has 2 saturated heterocycles. The second-order valence-electron chi connectivity index (χ2n) is 8.58. The Morgan fingerprint density at radius 2 is 1.00 bits per heavy atom. The van der Waals surface area contributed by atoms with Crippen LogP contribution in [0.1, 0.15) is 66.2 Å². The lowest BCUT2D eigenvalue weighted by Gasteiger charge is -2.39. The molecule has 6 heteroatoms. The minimum Gasteiger partial charge on any atom is -0.342 e. The van der Waals surface area contributed by atoms with Gasteiger partial charge in [0.05, 0.1) is 0 Å². The highest BCUT2D eigenvalue weighted by atomic mass is 16.1. The Hall–Kier alpha value is -1.14. The van der Waals surface area contributed by atoms with Crippen LogP contribution < -0.4 is 10.6 Å². The Morgan fingerprint density at radius 1 is 0.692 bits per heavy atom. The van der Waals surface area contributed by atoms with E-state index in [0.29, 0.717) is 36.3 Å². The van der Waals surface area contributed by atoms with E-state index in [1.54, 1.807) is 0 Å². The first-order chi connectivity index (χ1) is 12.4. The maximum atomic E-state index is 11.6. The maximum absolute atomic E-state index is 11.6. The van der Waals surface area contributed by atoms with Crippen molar-refractivity contribution in [1.29, 1.82) is 0 Å². The average Bonchev–Trinajstić information content (AvgIpc) is 2.56. The molecule has 2 heterocycles. The van der Waals surface area contributed by atoms with E-state index < -0.39 is 0 Å². The maximum Gasteiger partial charge on any atom is 0.209 e. The molecule has 0 aromatic heterocycles. The van der Waals surface area contributed by atoms with E-state index in [9.17, 15) is 9.59 Å². The van der Waals surface area contributed by atoms with Crippen molar-refractivity contribution in [2.24, 2.45) is 0 Å². The smallest absolute Gasteiger partial charge is 0.209 e. The Kier molecular flexibility index (Phi) is 8.35. The molecule has 0 spiro atoms. The van der Waals surface area contributed by atoms with E-state index in [0.717, 1.165) is 64.4 Å². The summed E-state index contributed by atoms with van der Waals surface area (Å²) in [6, 6.07) is 2.52. The fraction of sp³-hybridized carbons (Fsp3) is 0.900. The van der Waals surface area contributed by atoms with E-state index in [2.05, 4.69) is 38.3 Å². The van der Waals surface area contributed by atoms with Crippen molar-refractivity contribution in [2.75, 3.05) is 13.1 Å². The quantitative estimate of drug-likeness (QED) is 0.482. The van der Waals surface area contributed by atoms with Gasteiger partial charge in [-0.1, -0.05) is 0 Å². The third-order valence-corrected chi connectivity index (χ3v) is 5.93. The van der Waals surface area contributed by atoms with Crippen LogP contribution in [0.15, 0.2) is 0 Å². The van der Waals surface area contributed by atoms with Gasteiger partial charge in [-0.2, -0.15) is 0 Å². The van der Waals surface area contributed by atoms with Crippen molar-refractivity contribution in [2.45, 2.75) is 102 Å². The van der Waals surface area contributed by atoms with Crippen molar-refractivity contribution in [1.82, 2.24) is 20.4 Å². The minimum atomic E-state index is 0.340. The van der Waals surface area contributed by atoms with Gasteiger partial charge in [-0.05, 0) is 66.2 Å². The first-order valence-electron chi connectivity index (χ1n) is 10.4. The standard InChI is InChI=1S/C20H38N4O2/c1-15-9-19(10-16(2)21-15)23(13-25)7-5-6-8-24(14-26)20-11-17(3)22-18(4)12-20/h13-22H,5-12H2,1-4H3. The van der Waals surface area contributed by atoms with Crippen molar-refractivity contribution >= 4 is 12.8 Å². The number of rotatable bonds is 9. The molecule has 0 radical (unpaired) electrons. The van der Waals surface area contributed by atoms with Gasteiger partial charge in [0.2, 0.25) is 12.8 Å². The lowest BCUT2D eigenvalue weighted by molar-refractivity contribution is -0.122. The number of amides is 2. The van der Waals surface area contributed by atoms with Crippen molar-refractivity contribution in [3.05, 3.63) is 0 Å². The number of unbranched alkanes of at least 4 members (excludes halogenated alkanes) is 1. The number of nitrogens with zero attached hydrogens (tertiary/aromatic N) is 2. The van der Waals surface area contributed by atoms with E-state index in [1.165, 1.54) is 0 Å². The molecule has 0 aromatic carbocycles. The summed E-state index contributed by atoms with van der Waals surface area (Å²) < 4.78 is 0. The molecule has 4 unspecified atom stereocenters. The lowest BCUT2D eigenvalue weighted by atomic mass is 9.94. The zero-order chi connectivity index (χ0) is 19.1. The summed E-state index contributed by atoms with van der Waals surface area (Å²) in [4.78, 5) is 27.1. The van der Waals surface area contributed by atoms with Gasteiger partial charge in [0.15, 0.2) is 0 Å². The predicted octanol–water partition coefficient (Wildman–Crippen LogP) is 1.74. The van der Waals surface area contributed by atoms with Crippen molar-refractivity contribution in [3.63, 3.8) is 0 Å². The van der Waals surface area contributed by atoms with E-state index in [-0.39, 0.29) is 0 Å². The number of piperidine rings is 2. The van der Waals surface area contributed by atoms with Crippen LogP contribution in [0.2, 0.25) is 0 Å². The second-order valence-corrected chi connectivity index (χ2v) is 8.58. The topological polar surface area (TPSA) is 64.7 Å². The molecular formula is C20H38N4O2. The Bertz CT molecular complexity index is 388. The second kappa shape index (κ2) is 10.3. The average molecular weight is 367 g/mol. The molecule has 2 amide bonds. The molecule has 0 saturated carbocycles. The van der Waals surface area contributed by atoms with Gasteiger partial charge in [-0.25, -0.2) is 0 Å². The molecule has 4 atom stereocenters. The van der Waals surface area contributed by atoms with Crippen LogP contribution in [-0.2, 0) is 9.59 Å². The number of carbonyl (C=O) groups excluding carboxylic acids is 2. The van der Waals surface area contributed by atoms with Gasteiger partial charge in [0, 0.05) is 49.3 Å². The minimum absolute atomic E-state index is 0.340. The van der Waals surface area contributed by atoms with Gasteiger partial charge in [0.25, 0.3) is 0 Å². The number of carbonyl (C=O) groups is 2. The van der Waals surface area contributed by atoms with Crippen LogP contribution in [0.4, 0.5) is 0 Å². The zero-order valence-electron chi connectivity index (χ0n) is 17.0. The highest BCUT2D eigenvalue weighted by Gasteiger charge is 2.28. The summed E-state index contributed by atoms with van der Waals surface area (Å²) in [5.74, 6) is 0. The van der Waals surface area contributed by atoms with Crippen molar-refractivity contribution < 1.29 is 9.59 Å².